The maximum absolute atomic E-state index is 8.83. The molecule has 0 aromatic carbocycles. The Balaban J connectivity index is 2.16. The fourth-order valence-electron chi connectivity index (χ4n) is 1.25. The van der Waals surface area contributed by atoms with Crippen molar-refractivity contribution >= 4 is 0 Å². The Morgan fingerprint density at radius 3 is 2.64 bits per heavy atom. The van der Waals surface area contributed by atoms with Gasteiger partial charge in [0.2, 0.25) is 0 Å². The standard InChI is InChI=1S/C9H15NO/c1-9(11)5-4-8-10-6-2-3-7-10/h9,11H,2-3,6-8H2,1H3/t9-/m0/s1. The summed E-state index contributed by atoms with van der Waals surface area (Å²) in [5.41, 5.74) is 0. The zero-order valence-electron chi connectivity index (χ0n) is 7.01. The van der Waals surface area contributed by atoms with Crippen LogP contribution in [0.15, 0.2) is 0 Å². The fraction of sp³-hybridized carbons (Fsp3) is 0.778. The minimum Gasteiger partial charge on any atom is -0.381 e. The van der Waals surface area contributed by atoms with Gasteiger partial charge >= 0.3 is 0 Å². The van der Waals surface area contributed by atoms with Crippen LogP contribution in [0.2, 0.25) is 0 Å². The second kappa shape index (κ2) is 4.38. The summed E-state index contributed by atoms with van der Waals surface area (Å²) in [6.07, 6.45) is 2.13. The molecule has 1 rings (SSSR count). The second-order valence-corrected chi connectivity index (χ2v) is 2.98. The highest BCUT2D eigenvalue weighted by Gasteiger charge is 2.08. The topological polar surface area (TPSA) is 23.5 Å². The molecule has 1 aliphatic heterocycles. The Kier molecular flexibility index (Phi) is 3.41. The number of nitrogens with zero attached hydrogens (tertiary/aromatic N) is 1. The van der Waals surface area contributed by atoms with E-state index < -0.39 is 6.10 Å². The molecule has 0 aromatic heterocycles. The minimum atomic E-state index is -0.474. The van der Waals surface area contributed by atoms with E-state index in [4.69, 9.17) is 5.11 Å². The van der Waals surface area contributed by atoms with E-state index in [0.717, 1.165) is 6.54 Å². The van der Waals surface area contributed by atoms with Crippen LogP contribution in [0.3, 0.4) is 0 Å². The molecular formula is C9H15NO. The molecule has 0 aliphatic carbocycles. The van der Waals surface area contributed by atoms with Crippen LogP contribution in [-0.4, -0.2) is 35.7 Å². The van der Waals surface area contributed by atoms with Crippen LogP contribution < -0.4 is 0 Å². The van der Waals surface area contributed by atoms with Crippen molar-refractivity contribution in [3.63, 3.8) is 0 Å². The Bertz CT molecular complexity index is 160. The molecule has 0 aromatic rings. The monoisotopic (exact) mass is 153 g/mol. The van der Waals surface area contributed by atoms with Crippen LogP contribution >= 0.6 is 0 Å². The van der Waals surface area contributed by atoms with Crippen LogP contribution in [0.1, 0.15) is 19.8 Å². The van der Waals surface area contributed by atoms with Crippen LogP contribution in [0.5, 0.6) is 0 Å². The molecule has 1 saturated heterocycles. The normalized spacial score (nSPS) is 20.9. The van der Waals surface area contributed by atoms with Gasteiger partial charge < -0.3 is 5.11 Å². The van der Waals surface area contributed by atoms with Gasteiger partial charge in [0, 0.05) is 0 Å². The van der Waals surface area contributed by atoms with Crippen molar-refractivity contribution in [3.8, 4) is 11.8 Å². The van der Waals surface area contributed by atoms with E-state index in [2.05, 4.69) is 16.7 Å². The number of hydrogen-bond acceptors (Lipinski definition) is 2. The van der Waals surface area contributed by atoms with Gasteiger partial charge in [0.15, 0.2) is 0 Å². The molecule has 2 heteroatoms. The lowest BCUT2D eigenvalue weighted by molar-refractivity contribution is 0.253. The SMILES string of the molecule is C[C@H](O)C#CCN1CCCC1. The zero-order chi connectivity index (χ0) is 8.10. The van der Waals surface area contributed by atoms with Gasteiger partial charge in [-0.3, -0.25) is 4.90 Å². The molecule has 1 heterocycles. The van der Waals surface area contributed by atoms with E-state index in [1.54, 1.807) is 6.92 Å². The summed E-state index contributed by atoms with van der Waals surface area (Å²) in [4.78, 5) is 2.31. The third-order valence-corrected chi connectivity index (χ3v) is 1.81. The van der Waals surface area contributed by atoms with E-state index in [1.165, 1.54) is 25.9 Å². The molecule has 62 valence electrons. The highest BCUT2D eigenvalue weighted by Crippen LogP contribution is 2.05. The average molecular weight is 153 g/mol. The van der Waals surface area contributed by atoms with Crippen molar-refractivity contribution in [1.29, 1.82) is 0 Å². The second-order valence-electron chi connectivity index (χ2n) is 2.98. The lowest BCUT2D eigenvalue weighted by atomic mass is 10.4. The highest BCUT2D eigenvalue weighted by atomic mass is 16.3. The van der Waals surface area contributed by atoms with Gasteiger partial charge in [-0.25, -0.2) is 0 Å². The first-order valence-corrected chi connectivity index (χ1v) is 4.18. The number of hydrogen-bond donors (Lipinski definition) is 1. The third-order valence-electron chi connectivity index (χ3n) is 1.81. The molecule has 1 fully saturated rings. The largest absolute Gasteiger partial charge is 0.381 e. The van der Waals surface area contributed by atoms with E-state index >= 15 is 0 Å². The predicted octanol–water partition coefficient (Wildman–Crippen LogP) is 0.466. The summed E-state index contributed by atoms with van der Waals surface area (Å²) in [6.45, 7) is 4.87. The first-order valence-electron chi connectivity index (χ1n) is 4.18. The zero-order valence-corrected chi connectivity index (χ0v) is 7.01. The Morgan fingerprint density at radius 2 is 2.09 bits per heavy atom. The summed E-state index contributed by atoms with van der Waals surface area (Å²) in [6, 6.07) is 0. The van der Waals surface area contributed by atoms with Gasteiger partial charge in [-0.2, -0.15) is 0 Å². The number of aliphatic hydroxyl groups is 1. The number of likely N-dealkylation sites (tertiary alicyclic amines) is 1. The quantitative estimate of drug-likeness (QED) is 0.553. The molecule has 1 aliphatic rings. The van der Waals surface area contributed by atoms with Gasteiger partial charge in [-0.05, 0) is 32.9 Å². The molecule has 0 saturated carbocycles. The predicted molar refractivity (Wildman–Crippen MR) is 45.1 cm³/mol. The van der Waals surface area contributed by atoms with Crippen molar-refractivity contribution in [2.75, 3.05) is 19.6 Å². The average Bonchev–Trinajstić information content (AvgIpc) is 2.39. The van der Waals surface area contributed by atoms with Gasteiger partial charge in [0.05, 0.1) is 6.54 Å². The maximum atomic E-state index is 8.83. The van der Waals surface area contributed by atoms with E-state index in [9.17, 15) is 0 Å². The summed E-state index contributed by atoms with van der Waals surface area (Å²) < 4.78 is 0. The number of rotatable bonds is 1. The van der Waals surface area contributed by atoms with Crippen molar-refractivity contribution < 1.29 is 5.11 Å². The summed E-state index contributed by atoms with van der Waals surface area (Å²) in [5, 5.41) is 8.83. The van der Waals surface area contributed by atoms with E-state index in [0.29, 0.717) is 0 Å². The molecule has 0 spiro atoms. The van der Waals surface area contributed by atoms with Crippen LogP contribution in [0.4, 0.5) is 0 Å². The minimum absolute atomic E-state index is 0.474. The molecule has 1 atom stereocenters. The third kappa shape index (κ3) is 3.41. The van der Waals surface area contributed by atoms with Gasteiger partial charge in [-0.15, -0.1) is 0 Å². The lowest BCUT2D eigenvalue weighted by Crippen LogP contribution is -2.19. The van der Waals surface area contributed by atoms with Crippen molar-refractivity contribution in [2.24, 2.45) is 0 Å². The molecule has 0 amide bonds. The highest BCUT2D eigenvalue weighted by molar-refractivity contribution is 5.05. The fourth-order valence-corrected chi connectivity index (χ4v) is 1.25. The van der Waals surface area contributed by atoms with Crippen LogP contribution in [0.25, 0.3) is 0 Å². The molecule has 1 N–H and O–H groups in total. The van der Waals surface area contributed by atoms with Crippen LogP contribution in [0, 0.1) is 11.8 Å². The van der Waals surface area contributed by atoms with E-state index in [-0.39, 0.29) is 0 Å². The molecule has 11 heavy (non-hydrogen) atoms. The smallest absolute Gasteiger partial charge is 0.112 e. The van der Waals surface area contributed by atoms with Gasteiger partial charge in [0.25, 0.3) is 0 Å². The maximum Gasteiger partial charge on any atom is 0.112 e. The Labute approximate surface area is 68.2 Å². The molecule has 0 unspecified atom stereocenters. The van der Waals surface area contributed by atoms with Crippen molar-refractivity contribution in [2.45, 2.75) is 25.9 Å². The first kappa shape index (κ1) is 8.58. The first-order chi connectivity index (χ1) is 5.29. The molecule has 2 nitrogen and oxygen atoms in total. The number of aliphatic hydroxyl groups excluding tert-OH is 1. The Hall–Kier alpha value is -0.520. The molecule has 0 radical (unpaired) electrons. The molecule has 0 bridgehead atoms. The summed E-state index contributed by atoms with van der Waals surface area (Å²) in [5.74, 6) is 5.69. The lowest BCUT2D eigenvalue weighted by Gasteiger charge is -2.08. The molecular weight excluding hydrogens is 138 g/mol. The Morgan fingerprint density at radius 1 is 1.45 bits per heavy atom. The van der Waals surface area contributed by atoms with Crippen LogP contribution in [-0.2, 0) is 0 Å². The van der Waals surface area contributed by atoms with Gasteiger partial charge in [0.1, 0.15) is 6.10 Å². The van der Waals surface area contributed by atoms with Gasteiger partial charge in [-0.1, -0.05) is 11.8 Å². The van der Waals surface area contributed by atoms with Crippen molar-refractivity contribution in [1.82, 2.24) is 4.90 Å². The van der Waals surface area contributed by atoms with Crippen molar-refractivity contribution in [3.05, 3.63) is 0 Å². The summed E-state index contributed by atoms with van der Waals surface area (Å²) in [7, 11) is 0. The van der Waals surface area contributed by atoms with E-state index in [1.807, 2.05) is 0 Å². The summed E-state index contributed by atoms with van der Waals surface area (Å²) >= 11 is 0.